The zero-order valence-corrected chi connectivity index (χ0v) is 22.8. The third-order valence-electron chi connectivity index (χ3n) is 10.5. The minimum Gasteiger partial charge on any atom is -0.458 e. The second-order valence-electron chi connectivity index (χ2n) is 13.7. The number of carbonyl (C=O) groups excluding carboxylic acids is 1. The van der Waals surface area contributed by atoms with Gasteiger partial charge in [0.15, 0.2) is 6.54 Å². The number of ether oxygens (including phenoxy) is 1. The number of allylic oxidation sites excluding steroid dienone is 2. The van der Waals surface area contributed by atoms with Gasteiger partial charge in [-0.05, 0) is 84.3 Å². The first kappa shape index (κ1) is 24.2. The Bertz CT molecular complexity index is 1270. The fourth-order valence-corrected chi connectivity index (χ4v) is 8.72. The Balaban J connectivity index is 1.22. The summed E-state index contributed by atoms with van der Waals surface area (Å²) in [5.41, 5.74) is 5.20. The van der Waals surface area contributed by atoms with Crippen LogP contribution >= 0.6 is 0 Å². The summed E-state index contributed by atoms with van der Waals surface area (Å²) in [6.45, 7) is 6.38. The molecular weight excluding hydrogens is 444 g/mol. The van der Waals surface area contributed by atoms with Gasteiger partial charge in [-0.3, -0.25) is 4.99 Å². The summed E-state index contributed by atoms with van der Waals surface area (Å²) in [7, 11) is 6.13. The van der Waals surface area contributed by atoms with Crippen molar-refractivity contribution in [3.05, 3.63) is 58.1 Å². The number of hydrogen-bond acceptors (Lipinski definition) is 3. The number of fused-ring (bicyclic) bond motifs is 6. The molecule has 1 aromatic rings. The van der Waals surface area contributed by atoms with E-state index in [0.717, 1.165) is 43.6 Å². The topological polar surface area (TPSA) is 38.7 Å². The highest BCUT2D eigenvalue weighted by molar-refractivity contribution is 5.71. The van der Waals surface area contributed by atoms with Crippen molar-refractivity contribution in [2.75, 3.05) is 34.2 Å². The molecule has 1 heterocycles. The number of likely N-dealkylation sites (N-methyl/N-ethyl adjacent to an activating group) is 1. The van der Waals surface area contributed by atoms with E-state index in [1.807, 2.05) is 21.1 Å². The van der Waals surface area contributed by atoms with E-state index < -0.39 is 0 Å². The standard InChI is InChI=1S/C32H43N2O2/c1-31-16-14-22(36-30(35)20-34(3,4)5)18-21(31)10-11-24-26-12-13-27(32(26,2)17-15-28(24)31)25-19-33-29-9-7-6-8-23(25)29/h6-10,13,22,24,26,28H,11-12,14-20H2,1-5H3/q+1/t22-,24?,26?,28?,31-,32-/m0/s1. The smallest absolute Gasteiger partial charge is 0.362 e. The van der Waals surface area contributed by atoms with Crippen molar-refractivity contribution in [1.29, 1.82) is 0 Å². The van der Waals surface area contributed by atoms with Gasteiger partial charge in [0.25, 0.3) is 0 Å². The number of hydrogen-bond donors (Lipinski definition) is 0. The van der Waals surface area contributed by atoms with Crippen LogP contribution in [0.5, 0.6) is 0 Å². The van der Waals surface area contributed by atoms with Gasteiger partial charge in [-0.1, -0.05) is 49.8 Å². The molecule has 1 aromatic carbocycles. The lowest BCUT2D eigenvalue weighted by atomic mass is 9.47. The number of benzene rings is 1. The van der Waals surface area contributed by atoms with Gasteiger partial charge in [0.05, 0.1) is 33.0 Å². The van der Waals surface area contributed by atoms with Gasteiger partial charge in [0.1, 0.15) is 6.10 Å². The van der Waals surface area contributed by atoms with Gasteiger partial charge in [-0.2, -0.15) is 0 Å². The highest BCUT2D eigenvalue weighted by Crippen LogP contribution is 2.65. The quantitative estimate of drug-likeness (QED) is 0.354. The van der Waals surface area contributed by atoms with E-state index >= 15 is 0 Å². The molecule has 4 nitrogen and oxygen atoms in total. The van der Waals surface area contributed by atoms with Crippen LogP contribution in [0.2, 0.25) is 0 Å². The molecule has 3 unspecified atom stereocenters. The van der Waals surface area contributed by atoms with Crippen molar-refractivity contribution >= 4 is 11.5 Å². The average Bonchev–Trinajstić information content (AvgIpc) is 3.38. The second-order valence-corrected chi connectivity index (χ2v) is 13.7. The van der Waals surface area contributed by atoms with Crippen LogP contribution in [0.1, 0.15) is 58.8 Å². The largest absolute Gasteiger partial charge is 0.458 e. The van der Waals surface area contributed by atoms with E-state index in [4.69, 9.17) is 9.73 Å². The first-order valence-electron chi connectivity index (χ1n) is 14.1. The minimum atomic E-state index is -0.0545. The lowest BCUT2D eigenvalue weighted by Gasteiger charge is -2.58. The average molecular weight is 488 g/mol. The first-order valence-corrected chi connectivity index (χ1v) is 14.1. The third-order valence-corrected chi connectivity index (χ3v) is 10.5. The predicted octanol–water partition coefficient (Wildman–Crippen LogP) is 4.59. The van der Waals surface area contributed by atoms with Crippen molar-refractivity contribution in [1.82, 2.24) is 0 Å². The first-order chi connectivity index (χ1) is 17.1. The minimum absolute atomic E-state index is 0.0520. The molecule has 4 aliphatic carbocycles. The van der Waals surface area contributed by atoms with Crippen molar-refractivity contribution in [2.45, 2.75) is 64.9 Å². The molecule has 0 aromatic heterocycles. The molecule has 5 aliphatic rings. The summed E-state index contributed by atoms with van der Waals surface area (Å²) in [4.78, 5) is 17.4. The molecular formula is C32H43N2O2+. The molecule has 0 amide bonds. The van der Waals surface area contributed by atoms with E-state index in [0.29, 0.717) is 11.0 Å². The summed E-state index contributed by atoms with van der Waals surface area (Å²) in [6, 6.07) is 8.71. The van der Waals surface area contributed by atoms with E-state index in [1.54, 1.807) is 11.1 Å². The molecule has 0 bridgehead atoms. The van der Waals surface area contributed by atoms with Crippen LogP contribution in [0.4, 0.5) is 0 Å². The lowest BCUT2D eigenvalue weighted by molar-refractivity contribution is -0.862. The number of esters is 1. The predicted molar refractivity (Wildman–Crippen MR) is 143 cm³/mol. The van der Waals surface area contributed by atoms with Gasteiger partial charge in [0.2, 0.25) is 0 Å². The van der Waals surface area contributed by atoms with Crippen molar-refractivity contribution < 1.29 is 14.0 Å². The van der Waals surface area contributed by atoms with E-state index in [1.165, 1.54) is 41.8 Å². The Labute approximate surface area is 216 Å². The number of quaternary nitrogens is 1. The molecule has 1 aliphatic heterocycles. The van der Waals surface area contributed by atoms with E-state index in [-0.39, 0.29) is 22.9 Å². The number of carbonyl (C=O) groups is 1. The summed E-state index contributed by atoms with van der Waals surface area (Å²) in [5, 5.41) is 2.54. The van der Waals surface area contributed by atoms with Gasteiger partial charge < -0.3 is 9.22 Å². The molecule has 0 N–H and O–H groups in total. The SMILES string of the molecule is C[C@]12CC[C@H](OC(=O)C[N+](C)(C)C)CC1=CCC1C2CC[C@]2(C)C(C3=c4ccccc4=NC3)=CCC12. The van der Waals surface area contributed by atoms with Gasteiger partial charge >= 0.3 is 5.97 Å². The second kappa shape index (κ2) is 8.41. The summed E-state index contributed by atoms with van der Waals surface area (Å²) in [5.74, 6) is 2.16. The number of para-hydroxylation sites is 1. The maximum absolute atomic E-state index is 12.5. The number of nitrogens with zero attached hydrogens (tertiary/aromatic N) is 2. The molecule has 192 valence electrons. The van der Waals surface area contributed by atoms with Crippen LogP contribution in [0.15, 0.2) is 52.6 Å². The monoisotopic (exact) mass is 487 g/mol. The van der Waals surface area contributed by atoms with Crippen molar-refractivity contribution in [3.8, 4) is 0 Å². The normalized spacial score (nSPS) is 37.1. The van der Waals surface area contributed by atoms with E-state index in [9.17, 15) is 4.79 Å². The fourth-order valence-electron chi connectivity index (χ4n) is 8.72. The molecule has 0 saturated heterocycles. The van der Waals surface area contributed by atoms with Gasteiger partial charge in [-0.25, -0.2) is 4.79 Å². The van der Waals surface area contributed by atoms with Crippen LogP contribution in [0.3, 0.4) is 0 Å². The van der Waals surface area contributed by atoms with Crippen molar-refractivity contribution in [3.63, 3.8) is 0 Å². The lowest BCUT2D eigenvalue weighted by Crippen LogP contribution is -2.50. The summed E-state index contributed by atoms with van der Waals surface area (Å²) < 4.78 is 6.58. The molecule has 6 atom stereocenters. The summed E-state index contributed by atoms with van der Waals surface area (Å²) >= 11 is 0. The molecule has 2 fully saturated rings. The van der Waals surface area contributed by atoms with Crippen LogP contribution < -0.4 is 10.6 Å². The molecule has 2 saturated carbocycles. The molecule has 0 radical (unpaired) electrons. The van der Waals surface area contributed by atoms with Crippen LogP contribution in [-0.4, -0.2) is 50.8 Å². The Morgan fingerprint density at radius 2 is 1.81 bits per heavy atom. The Morgan fingerprint density at radius 1 is 1.03 bits per heavy atom. The van der Waals surface area contributed by atoms with Crippen molar-refractivity contribution in [2.24, 2.45) is 33.6 Å². The zero-order valence-electron chi connectivity index (χ0n) is 22.8. The third kappa shape index (κ3) is 3.83. The highest BCUT2D eigenvalue weighted by Gasteiger charge is 2.57. The maximum atomic E-state index is 12.5. The molecule has 6 rings (SSSR count). The van der Waals surface area contributed by atoms with Crippen LogP contribution in [-0.2, 0) is 9.53 Å². The van der Waals surface area contributed by atoms with Gasteiger partial charge in [-0.15, -0.1) is 0 Å². The van der Waals surface area contributed by atoms with Crippen LogP contribution in [0.25, 0.3) is 5.57 Å². The fraction of sp³-hybridized carbons (Fsp3) is 0.625. The van der Waals surface area contributed by atoms with Crippen LogP contribution in [0, 0.1) is 28.6 Å². The summed E-state index contributed by atoms with van der Waals surface area (Å²) in [6.07, 6.45) is 13.3. The number of rotatable bonds is 4. The molecule has 0 spiro atoms. The van der Waals surface area contributed by atoms with E-state index in [2.05, 4.69) is 50.3 Å². The Morgan fingerprint density at radius 3 is 2.61 bits per heavy atom. The highest BCUT2D eigenvalue weighted by atomic mass is 16.5. The Hall–Kier alpha value is -2.20. The zero-order chi connectivity index (χ0) is 25.3. The maximum Gasteiger partial charge on any atom is 0.362 e. The molecule has 4 heteroatoms. The molecule has 36 heavy (non-hydrogen) atoms. The van der Waals surface area contributed by atoms with Gasteiger partial charge in [0, 0.05) is 11.6 Å². The Kier molecular flexibility index (Phi) is 5.64.